The van der Waals surface area contributed by atoms with Crippen molar-refractivity contribution in [3.8, 4) is 5.75 Å². The monoisotopic (exact) mass is 387 g/mol. The van der Waals surface area contributed by atoms with Crippen LogP contribution in [0.2, 0.25) is 0 Å². The third-order valence-electron chi connectivity index (χ3n) is 4.05. The number of hydrogen-bond acceptors (Lipinski definition) is 4. The predicted octanol–water partition coefficient (Wildman–Crippen LogP) is 3.82. The van der Waals surface area contributed by atoms with Gasteiger partial charge in [-0.1, -0.05) is 50.2 Å². The van der Waals surface area contributed by atoms with Crippen LogP contribution in [0.3, 0.4) is 0 Å². The van der Waals surface area contributed by atoms with Gasteiger partial charge in [0.2, 0.25) is 0 Å². The van der Waals surface area contributed by atoms with Crippen molar-refractivity contribution in [1.82, 2.24) is 5.32 Å². The molecule has 0 aliphatic carbocycles. The molecule has 1 N–H and O–H groups in total. The van der Waals surface area contributed by atoms with Crippen LogP contribution < -0.4 is 10.1 Å². The molecule has 0 saturated carbocycles. The van der Waals surface area contributed by atoms with Crippen LogP contribution >= 0.6 is 0 Å². The van der Waals surface area contributed by atoms with E-state index in [9.17, 15) is 14.0 Å². The highest BCUT2D eigenvalue weighted by molar-refractivity contribution is 5.81. The van der Waals surface area contributed by atoms with Crippen molar-refractivity contribution in [2.75, 3.05) is 13.2 Å². The van der Waals surface area contributed by atoms with E-state index in [0.29, 0.717) is 5.92 Å². The number of hydrogen-bond donors (Lipinski definition) is 1. The Bertz CT molecular complexity index is 789. The number of carbonyl (C=O) groups excluding carboxylic acids is 2. The lowest BCUT2D eigenvalue weighted by Gasteiger charge is -2.15. The minimum Gasteiger partial charge on any atom is -0.479 e. The summed E-state index contributed by atoms with van der Waals surface area (Å²) >= 11 is 0. The SMILES string of the molecule is CC(C)Cc1ccc([C@H](C)NC(=O)COC(=O)COc2ccccc2F)cc1. The number of halogens is 1. The third-order valence-corrected chi connectivity index (χ3v) is 4.05. The van der Waals surface area contributed by atoms with Crippen molar-refractivity contribution < 1.29 is 23.5 Å². The number of nitrogens with one attached hydrogen (secondary N) is 1. The topological polar surface area (TPSA) is 64.6 Å². The zero-order valence-corrected chi connectivity index (χ0v) is 16.4. The first-order chi connectivity index (χ1) is 13.3. The van der Waals surface area contributed by atoms with Gasteiger partial charge in [0.15, 0.2) is 24.8 Å². The summed E-state index contributed by atoms with van der Waals surface area (Å²) in [5.74, 6) is -1.19. The van der Waals surface area contributed by atoms with Crippen molar-refractivity contribution in [3.05, 3.63) is 65.5 Å². The van der Waals surface area contributed by atoms with Crippen molar-refractivity contribution in [2.24, 2.45) is 5.92 Å². The van der Waals surface area contributed by atoms with Crippen LogP contribution in [0, 0.1) is 11.7 Å². The normalized spacial score (nSPS) is 11.8. The maximum Gasteiger partial charge on any atom is 0.344 e. The molecule has 0 radical (unpaired) electrons. The van der Waals surface area contributed by atoms with Gasteiger partial charge >= 0.3 is 5.97 Å². The fourth-order valence-corrected chi connectivity index (χ4v) is 2.67. The Labute approximate surface area is 164 Å². The van der Waals surface area contributed by atoms with Gasteiger partial charge in [-0.2, -0.15) is 0 Å². The van der Waals surface area contributed by atoms with Gasteiger partial charge in [0.05, 0.1) is 6.04 Å². The van der Waals surface area contributed by atoms with Gasteiger partial charge in [0.25, 0.3) is 5.91 Å². The van der Waals surface area contributed by atoms with E-state index < -0.39 is 30.9 Å². The number of rotatable bonds is 9. The first-order valence-electron chi connectivity index (χ1n) is 9.26. The summed E-state index contributed by atoms with van der Waals surface area (Å²) in [5, 5.41) is 2.78. The average molecular weight is 387 g/mol. The molecule has 150 valence electrons. The van der Waals surface area contributed by atoms with E-state index in [4.69, 9.17) is 9.47 Å². The Morgan fingerprint density at radius 3 is 2.32 bits per heavy atom. The largest absolute Gasteiger partial charge is 0.479 e. The van der Waals surface area contributed by atoms with E-state index in [-0.39, 0.29) is 11.8 Å². The molecule has 5 nitrogen and oxygen atoms in total. The van der Waals surface area contributed by atoms with Crippen LogP contribution in [0.15, 0.2) is 48.5 Å². The summed E-state index contributed by atoms with van der Waals surface area (Å²) in [6.07, 6.45) is 1.01. The van der Waals surface area contributed by atoms with Crippen LogP contribution in [-0.4, -0.2) is 25.1 Å². The molecular formula is C22H26FNO4. The molecule has 0 bridgehead atoms. The van der Waals surface area contributed by atoms with Crippen molar-refractivity contribution >= 4 is 11.9 Å². The predicted molar refractivity (Wildman–Crippen MR) is 104 cm³/mol. The fourth-order valence-electron chi connectivity index (χ4n) is 2.67. The summed E-state index contributed by atoms with van der Waals surface area (Å²) in [6.45, 7) is 5.30. The molecule has 6 heteroatoms. The van der Waals surface area contributed by atoms with Crippen LogP contribution in [0.1, 0.15) is 37.9 Å². The van der Waals surface area contributed by atoms with E-state index >= 15 is 0 Å². The number of amides is 1. The number of para-hydroxylation sites is 1. The molecule has 0 unspecified atom stereocenters. The molecule has 28 heavy (non-hydrogen) atoms. The molecule has 0 heterocycles. The van der Waals surface area contributed by atoms with Crippen LogP contribution in [-0.2, 0) is 20.7 Å². The van der Waals surface area contributed by atoms with Gasteiger partial charge in [-0.3, -0.25) is 4.79 Å². The Hall–Kier alpha value is -2.89. The fraction of sp³-hybridized carbons (Fsp3) is 0.364. The van der Waals surface area contributed by atoms with Crippen LogP contribution in [0.25, 0.3) is 0 Å². The van der Waals surface area contributed by atoms with Crippen molar-refractivity contribution in [2.45, 2.75) is 33.2 Å². The molecular weight excluding hydrogens is 361 g/mol. The van der Waals surface area contributed by atoms with Crippen molar-refractivity contribution in [1.29, 1.82) is 0 Å². The molecule has 1 amide bonds. The maximum absolute atomic E-state index is 13.4. The number of esters is 1. The molecule has 0 aliphatic heterocycles. The highest BCUT2D eigenvalue weighted by Crippen LogP contribution is 2.16. The third kappa shape index (κ3) is 7.02. The first kappa shape index (κ1) is 21.4. The average Bonchev–Trinajstić information content (AvgIpc) is 2.65. The second-order valence-electron chi connectivity index (χ2n) is 7.01. The van der Waals surface area contributed by atoms with Gasteiger partial charge < -0.3 is 14.8 Å². The molecule has 2 rings (SSSR count). The van der Waals surface area contributed by atoms with Gasteiger partial charge in [0, 0.05) is 0 Å². The molecule has 0 saturated heterocycles. The number of benzene rings is 2. The molecule has 2 aromatic rings. The van der Waals surface area contributed by atoms with E-state index in [1.807, 2.05) is 19.1 Å². The molecule has 0 spiro atoms. The van der Waals surface area contributed by atoms with Crippen LogP contribution in [0.4, 0.5) is 4.39 Å². The summed E-state index contributed by atoms with van der Waals surface area (Å²) in [7, 11) is 0. The highest BCUT2D eigenvalue weighted by Gasteiger charge is 2.13. The molecule has 0 fully saturated rings. The van der Waals surface area contributed by atoms with Crippen molar-refractivity contribution in [3.63, 3.8) is 0 Å². The molecule has 2 aromatic carbocycles. The lowest BCUT2D eigenvalue weighted by Crippen LogP contribution is -2.32. The summed E-state index contributed by atoms with van der Waals surface area (Å²) in [6, 6.07) is 13.6. The highest BCUT2D eigenvalue weighted by atomic mass is 19.1. The maximum atomic E-state index is 13.4. The second-order valence-corrected chi connectivity index (χ2v) is 7.01. The number of ether oxygens (including phenoxy) is 2. The summed E-state index contributed by atoms with van der Waals surface area (Å²) in [5.41, 5.74) is 2.22. The molecule has 1 atom stereocenters. The van der Waals surface area contributed by atoms with E-state index in [2.05, 4.69) is 31.3 Å². The lowest BCUT2D eigenvalue weighted by molar-refractivity contribution is -0.150. The smallest absolute Gasteiger partial charge is 0.344 e. The quantitative estimate of drug-likeness (QED) is 0.665. The van der Waals surface area contributed by atoms with Gasteiger partial charge in [0.1, 0.15) is 0 Å². The molecule has 0 aromatic heterocycles. The Balaban J connectivity index is 1.73. The Morgan fingerprint density at radius 1 is 1.00 bits per heavy atom. The zero-order valence-electron chi connectivity index (χ0n) is 16.4. The van der Waals surface area contributed by atoms with Gasteiger partial charge in [-0.25, -0.2) is 9.18 Å². The van der Waals surface area contributed by atoms with Gasteiger partial charge in [-0.05, 0) is 42.5 Å². The van der Waals surface area contributed by atoms with E-state index in [0.717, 1.165) is 12.0 Å². The molecule has 0 aliphatic rings. The lowest BCUT2D eigenvalue weighted by atomic mass is 10.00. The standard InChI is InChI=1S/C22H26FNO4/c1-15(2)12-17-8-10-18(11-9-17)16(3)24-21(25)13-28-22(26)14-27-20-7-5-4-6-19(20)23/h4-11,15-16H,12-14H2,1-3H3,(H,24,25)/t16-/m0/s1. The van der Waals surface area contributed by atoms with E-state index in [1.165, 1.54) is 23.8 Å². The first-order valence-corrected chi connectivity index (χ1v) is 9.26. The van der Waals surface area contributed by atoms with Gasteiger partial charge in [-0.15, -0.1) is 0 Å². The minimum atomic E-state index is -0.746. The second kappa shape index (κ2) is 10.4. The number of carbonyl (C=O) groups is 2. The Kier molecular flexibility index (Phi) is 7.99. The van der Waals surface area contributed by atoms with E-state index in [1.54, 1.807) is 6.07 Å². The minimum absolute atomic E-state index is 0.0431. The Morgan fingerprint density at radius 2 is 1.68 bits per heavy atom. The summed E-state index contributed by atoms with van der Waals surface area (Å²) < 4.78 is 23.3. The van der Waals surface area contributed by atoms with Crippen LogP contribution in [0.5, 0.6) is 5.75 Å². The zero-order chi connectivity index (χ0) is 20.5. The summed E-state index contributed by atoms with van der Waals surface area (Å²) in [4.78, 5) is 23.6.